The molecule has 0 saturated carbocycles. The van der Waals surface area contributed by atoms with Crippen molar-refractivity contribution in [3.8, 4) is 0 Å². The number of nitrogens with zero attached hydrogens (tertiary/aromatic N) is 1. The average molecular weight is 646 g/mol. The summed E-state index contributed by atoms with van der Waals surface area (Å²) >= 11 is 0. The molecule has 0 aliphatic rings. The molecule has 0 amide bonds. The molecule has 0 aromatic rings. The minimum atomic E-state index is -0.918. The van der Waals surface area contributed by atoms with E-state index < -0.39 is 5.97 Å². The van der Waals surface area contributed by atoms with Gasteiger partial charge in [-0.15, -0.1) is 0 Å². The van der Waals surface area contributed by atoms with Gasteiger partial charge in [-0.05, 0) is 25.9 Å². The van der Waals surface area contributed by atoms with Gasteiger partial charge in [0.2, 0.25) is 0 Å². The Morgan fingerprint density at radius 1 is 0.364 bits per heavy atom. The van der Waals surface area contributed by atoms with Gasteiger partial charge in [-0.1, -0.05) is 219 Å². The van der Waals surface area contributed by atoms with Crippen LogP contribution in [0.1, 0.15) is 232 Å². The molecule has 4 heteroatoms. The van der Waals surface area contributed by atoms with E-state index in [1.807, 2.05) is 0 Å². The van der Waals surface area contributed by atoms with E-state index in [1.54, 1.807) is 0 Å². The Bertz CT molecular complexity index is 492. The monoisotopic (exact) mass is 646 g/mol. The maximum Gasteiger partial charge on any atom is 1.00 e. The molecule has 0 aromatic heterocycles. The number of rotatable bonds is 38. The molecule has 44 heavy (non-hydrogen) atoms. The first-order chi connectivity index (χ1) is 21.2. The Morgan fingerprint density at radius 2 is 0.545 bits per heavy atom. The van der Waals surface area contributed by atoms with Crippen LogP contribution in [0.25, 0.3) is 0 Å². The Labute approximate surface area is 321 Å². The minimum absolute atomic E-state index is 0. The molecule has 0 aromatic carbocycles. The summed E-state index contributed by atoms with van der Waals surface area (Å²) in [6, 6.07) is 0. The van der Waals surface area contributed by atoms with Gasteiger partial charge in [-0.3, -0.25) is 4.90 Å². The second-order valence-corrected chi connectivity index (χ2v) is 14.0. The van der Waals surface area contributed by atoms with Gasteiger partial charge >= 0.3 is 51.4 Å². The third-order valence-electron chi connectivity index (χ3n) is 9.51. The molecule has 0 heterocycles. The molecule has 258 valence electrons. The van der Waals surface area contributed by atoms with Gasteiger partial charge in [0.25, 0.3) is 0 Å². The van der Waals surface area contributed by atoms with Crippen LogP contribution in [-0.4, -0.2) is 30.5 Å². The smallest absolute Gasteiger partial charge is 0.549 e. The molecule has 0 radical (unpaired) electrons. The second-order valence-electron chi connectivity index (χ2n) is 14.0. The number of hydrogen-bond donors (Lipinski definition) is 0. The third-order valence-corrected chi connectivity index (χ3v) is 9.51. The molecule has 0 aliphatic heterocycles. The van der Waals surface area contributed by atoms with Crippen LogP contribution in [0.2, 0.25) is 0 Å². The number of carboxylic acids is 1. The summed E-state index contributed by atoms with van der Waals surface area (Å²) in [5.74, 6) is -0.918. The summed E-state index contributed by atoms with van der Waals surface area (Å²) in [6.07, 6.45) is 47.0. The molecular formula is C40H80KNO2. The van der Waals surface area contributed by atoms with Gasteiger partial charge in [0, 0.05) is 6.54 Å². The molecular weight excluding hydrogens is 566 g/mol. The summed E-state index contributed by atoms with van der Waals surface area (Å²) < 4.78 is 0. The van der Waals surface area contributed by atoms with Crippen LogP contribution < -0.4 is 56.5 Å². The van der Waals surface area contributed by atoms with Crippen LogP contribution in [0.4, 0.5) is 0 Å². The zero-order valence-corrected chi connectivity index (χ0v) is 34.0. The fourth-order valence-electron chi connectivity index (χ4n) is 6.57. The molecule has 0 aliphatic carbocycles. The SMILES string of the molecule is CCCCCCCCCCCCCCCCCCCN(CCCCCCCCCCCCCCCCCCC)CC(=O)[O-].[K+]. The van der Waals surface area contributed by atoms with Crippen LogP contribution in [0.15, 0.2) is 0 Å². The molecule has 0 saturated heterocycles. The van der Waals surface area contributed by atoms with Crippen molar-refractivity contribution < 1.29 is 61.3 Å². The summed E-state index contributed by atoms with van der Waals surface area (Å²) in [5, 5.41) is 11.2. The Hall–Kier alpha value is 1.07. The molecule has 0 atom stereocenters. The number of hydrogen-bond acceptors (Lipinski definition) is 3. The predicted molar refractivity (Wildman–Crippen MR) is 190 cm³/mol. The van der Waals surface area contributed by atoms with E-state index in [-0.39, 0.29) is 57.9 Å². The van der Waals surface area contributed by atoms with Crippen molar-refractivity contribution in [3.63, 3.8) is 0 Å². The molecule has 0 spiro atoms. The first-order valence-corrected chi connectivity index (χ1v) is 20.1. The maximum absolute atomic E-state index is 11.2. The number of carbonyl (C=O) groups excluding carboxylic acids is 1. The van der Waals surface area contributed by atoms with E-state index in [2.05, 4.69) is 18.7 Å². The van der Waals surface area contributed by atoms with E-state index in [9.17, 15) is 9.90 Å². The second kappa shape index (κ2) is 42.1. The van der Waals surface area contributed by atoms with Crippen molar-refractivity contribution in [2.75, 3.05) is 19.6 Å². The number of aliphatic carboxylic acids is 1. The van der Waals surface area contributed by atoms with Crippen molar-refractivity contribution in [1.29, 1.82) is 0 Å². The largest absolute Gasteiger partial charge is 1.00 e. The average Bonchev–Trinajstić information content (AvgIpc) is 2.99. The minimum Gasteiger partial charge on any atom is -0.549 e. The maximum atomic E-state index is 11.2. The fraction of sp³-hybridized carbons (Fsp3) is 0.975. The standard InChI is InChI=1S/C40H81NO2.K/c1-3-5-7-9-11-13-15-17-19-21-23-25-27-29-31-33-35-37-41(39-40(42)43)38-36-34-32-30-28-26-24-22-20-18-16-14-12-10-8-6-4-2;/h3-39H2,1-2H3,(H,42,43);/q;+1/p-1. The fourth-order valence-corrected chi connectivity index (χ4v) is 6.57. The Balaban J connectivity index is 0. The summed E-state index contributed by atoms with van der Waals surface area (Å²) in [6.45, 7) is 6.54. The topological polar surface area (TPSA) is 43.4 Å². The molecule has 0 rings (SSSR count). The molecule has 0 fully saturated rings. The number of unbranched alkanes of at least 4 members (excludes halogenated alkanes) is 32. The quantitative estimate of drug-likeness (QED) is 0.0496. The van der Waals surface area contributed by atoms with E-state index in [0.717, 1.165) is 25.9 Å². The van der Waals surface area contributed by atoms with Crippen LogP contribution in [-0.2, 0) is 4.79 Å². The first-order valence-electron chi connectivity index (χ1n) is 20.1. The van der Waals surface area contributed by atoms with Gasteiger partial charge < -0.3 is 9.90 Å². The van der Waals surface area contributed by atoms with Crippen molar-refractivity contribution >= 4 is 5.97 Å². The van der Waals surface area contributed by atoms with E-state index >= 15 is 0 Å². The molecule has 0 unspecified atom stereocenters. The first kappa shape index (κ1) is 47.2. The summed E-state index contributed by atoms with van der Waals surface area (Å²) in [5.41, 5.74) is 0. The zero-order chi connectivity index (χ0) is 31.3. The van der Waals surface area contributed by atoms with Gasteiger partial charge in [0.15, 0.2) is 0 Å². The van der Waals surface area contributed by atoms with Crippen molar-refractivity contribution in [1.82, 2.24) is 4.90 Å². The van der Waals surface area contributed by atoms with Gasteiger partial charge in [-0.25, -0.2) is 0 Å². The normalized spacial score (nSPS) is 11.3. The van der Waals surface area contributed by atoms with Crippen LogP contribution in [0, 0.1) is 0 Å². The van der Waals surface area contributed by atoms with Gasteiger partial charge in [0.1, 0.15) is 0 Å². The third kappa shape index (κ3) is 41.1. The number of carbonyl (C=O) groups is 1. The van der Waals surface area contributed by atoms with Gasteiger partial charge in [0.05, 0.1) is 5.97 Å². The van der Waals surface area contributed by atoms with Crippen LogP contribution >= 0.6 is 0 Å². The molecule has 3 nitrogen and oxygen atoms in total. The van der Waals surface area contributed by atoms with Crippen molar-refractivity contribution in [3.05, 3.63) is 0 Å². The summed E-state index contributed by atoms with van der Waals surface area (Å²) in [7, 11) is 0. The summed E-state index contributed by atoms with van der Waals surface area (Å²) in [4.78, 5) is 13.4. The number of carboxylic acid groups (broad SMARTS) is 1. The van der Waals surface area contributed by atoms with Crippen LogP contribution in [0.3, 0.4) is 0 Å². The van der Waals surface area contributed by atoms with Crippen molar-refractivity contribution in [2.45, 2.75) is 232 Å². The van der Waals surface area contributed by atoms with Crippen LogP contribution in [0.5, 0.6) is 0 Å². The predicted octanol–water partition coefficient (Wildman–Crippen LogP) is 9.35. The van der Waals surface area contributed by atoms with E-state index in [4.69, 9.17) is 0 Å². The van der Waals surface area contributed by atoms with Gasteiger partial charge in [-0.2, -0.15) is 0 Å². The van der Waals surface area contributed by atoms with E-state index in [0.29, 0.717) is 0 Å². The van der Waals surface area contributed by atoms with E-state index in [1.165, 1.54) is 205 Å². The Morgan fingerprint density at radius 3 is 0.727 bits per heavy atom. The Kier molecular flexibility index (Phi) is 45.1. The van der Waals surface area contributed by atoms with Crippen molar-refractivity contribution in [2.24, 2.45) is 0 Å². The molecule has 0 N–H and O–H groups in total. The molecule has 0 bridgehead atoms. The zero-order valence-electron chi connectivity index (χ0n) is 30.9.